The Bertz CT molecular complexity index is 146. The molecule has 0 aliphatic carbocycles. The maximum atomic E-state index is 2.46. The van der Waals surface area contributed by atoms with Gasteiger partial charge in [0.15, 0.2) is 0 Å². The Morgan fingerprint density at radius 3 is 1.60 bits per heavy atom. The minimum Gasteiger partial charge on any atom is -0.0654 e. The van der Waals surface area contributed by atoms with E-state index in [1.54, 1.807) is 0 Å². The first kappa shape index (κ1) is 15.0. The van der Waals surface area contributed by atoms with Crippen LogP contribution in [0.25, 0.3) is 0 Å². The van der Waals surface area contributed by atoms with Crippen molar-refractivity contribution in [1.82, 2.24) is 0 Å². The summed E-state index contributed by atoms with van der Waals surface area (Å²) in [5.41, 5.74) is 0. The Morgan fingerprint density at radius 2 is 1.27 bits per heavy atom. The zero-order valence-corrected chi connectivity index (χ0v) is 12.0. The minimum absolute atomic E-state index is 0.835. The fourth-order valence-electron chi connectivity index (χ4n) is 2.64. The molecule has 0 rings (SSSR count). The van der Waals surface area contributed by atoms with Gasteiger partial charge >= 0.3 is 0 Å². The lowest BCUT2D eigenvalue weighted by atomic mass is 9.76. The normalized spacial score (nSPS) is 18.2. The molecule has 0 aromatic carbocycles. The molecule has 0 heterocycles. The third-order valence-corrected chi connectivity index (χ3v) is 4.09. The van der Waals surface area contributed by atoms with Gasteiger partial charge in [-0.15, -0.1) is 0 Å². The molecule has 0 saturated heterocycles. The molecule has 0 radical (unpaired) electrons. The van der Waals surface area contributed by atoms with Crippen LogP contribution in [-0.2, 0) is 0 Å². The third-order valence-electron chi connectivity index (χ3n) is 4.09. The van der Waals surface area contributed by atoms with Gasteiger partial charge in [-0.25, -0.2) is 0 Å². The van der Waals surface area contributed by atoms with Crippen LogP contribution in [0, 0.1) is 29.6 Å². The Kier molecular flexibility index (Phi) is 7.30. The van der Waals surface area contributed by atoms with Crippen LogP contribution in [0.4, 0.5) is 0 Å². The first-order valence-electron chi connectivity index (χ1n) is 6.90. The number of rotatable bonds is 7. The van der Waals surface area contributed by atoms with Crippen LogP contribution in [0.5, 0.6) is 0 Å². The summed E-state index contributed by atoms with van der Waals surface area (Å²) in [6.45, 7) is 16.6. The summed E-state index contributed by atoms with van der Waals surface area (Å²) in [5, 5.41) is 0. The van der Waals surface area contributed by atoms with Crippen molar-refractivity contribution in [2.75, 3.05) is 0 Å². The van der Waals surface area contributed by atoms with E-state index < -0.39 is 0 Å². The smallest absolute Gasteiger partial charge is 0.0365 e. The highest BCUT2D eigenvalue weighted by atomic mass is 14.3. The van der Waals surface area contributed by atoms with Crippen molar-refractivity contribution < 1.29 is 0 Å². The van der Waals surface area contributed by atoms with Gasteiger partial charge in [0, 0.05) is 0 Å². The Morgan fingerprint density at radius 1 is 0.733 bits per heavy atom. The first-order valence-corrected chi connectivity index (χ1v) is 6.90. The predicted octanol–water partition coefficient (Wildman–Crippen LogP) is 5.38. The lowest BCUT2D eigenvalue weighted by Crippen LogP contribution is -2.21. The van der Waals surface area contributed by atoms with Crippen LogP contribution in [-0.4, -0.2) is 0 Å². The van der Waals surface area contributed by atoms with E-state index in [0.29, 0.717) is 0 Å². The average molecular weight is 212 g/mol. The van der Waals surface area contributed by atoms with Crippen LogP contribution in [0.15, 0.2) is 0 Å². The second-order valence-electron chi connectivity index (χ2n) is 6.13. The van der Waals surface area contributed by atoms with Crippen LogP contribution >= 0.6 is 0 Å². The van der Waals surface area contributed by atoms with Gasteiger partial charge in [-0.05, 0) is 36.0 Å². The van der Waals surface area contributed by atoms with Crippen molar-refractivity contribution in [3.8, 4) is 0 Å². The molecule has 0 N–H and O–H groups in total. The molecule has 92 valence electrons. The molecular weight excluding hydrogens is 180 g/mol. The fourth-order valence-corrected chi connectivity index (χ4v) is 2.64. The van der Waals surface area contributed by atoms with E-state index in [-0.39, 0.29) is 0 Å². The van der Waals surface area contributed by atoms with Gasteiger partial charge in [0.1, 0.15) is 0 Å². The van der Waals surface area contributed by atoms with Gasteiger partial charge in [-0.2, -0.15) is 0 Å². The Labute approximate surface area is 97.8 Å². The zero-order valence-electron chi connectivity index (χ0n) is 12.0. The molecule has 0 spiro atoms. The van der Waals surface area contributed by atoms with E-state index in [0.717, 1.165) is 29.6 Å². The van der Waals surface area contributed by atoms with Crippen molar-refractivity contribution in [3.05, 3.63) is 0 Å². The van der Waals surface area contributed by atoms with Crippen LogP contribution in [0.2, 0.25) is 0 Å². The molecule has 0 heteroatoms. The van der Waals surface area contributed by atoms with Crippen LogP contribution in [0.1, 0.15) is 67.7 Å². The molecular formula is C15H32. The summed E-state index contributed by atoms with van der Waals surface area (Å²) in [5.74, 6) is 4.37. The monoisotopic (exact) mass is 212 g/mol. The molecule has 3 unspecified atom stereocenters. The average Bonchev–Trinajstić information content (AvgIpc) is 2.12. The molecule has 3 atom stereocenters. The van der Waals surface area contributed by atoms with Crippen molar-refractivity contribution in [2.45, 2.75) is 67.7 Å². The van der Waals surface area contributed by atoms with Gasteiger partial charge < -0.3 is 0 Å². The highest BCUT2D eigenvalue weighted by Crippen LogP contribution is 2.32. The number of hydrogen-bond donors (Lipinski definition) is 0. The highest BCUT2D eigenvalue weighted by Gasteiger charge is 2.22. The van der Waals surface area contributed by atoms with E-state index in [4.69, 9.17) is 0 Å². The third kappa shape index (κ3) is 5.58. The SMILES string of the molecule is CCCC(C(C)C)C(C)CC(C)C(C)C. The van der Waals surface area contributed by atoms with Crippen LogP contribution < -0.4 is 0 Å². The first-order chi connectivity index (χ1) is 6.90. The summed E-state index contributed by atoms with van der Waals surface area (Å²) in [7, 11) is 0. The fraction of sp³-hybridized carbons (Fsp3) is 1.00. The van der Waals surface area contributed by atoms with Crippen molar-refractivity contribution in [2.24, 2.45) is 29.6 Å². The molecule has 0 aliphatic rings. The topological polar surface area (TPSA) is 0 Å². The molecule has 0 nitrogen and oxygen atoms in total. The van der Waals surface area contributed by atoms with E-state index in [1.165, 1.54) is 19.3 Å². The lowest BCUT2D eigenvalue weighted by Gasteiger charge is -2.30. The minimum atomic E-state index is 0.835. The van der Waals surface area contributed by atoms with Crippen molar-refractivity contribution >= 4 is 0 Å². The molecule has 0 aliphatic heterocycles. The van der Waals surface area contributed by atoms with Gasteiger partial charge in [0.25, 0.3) is 0 Å². The quantitative estimate of drug-likeness (QED) is 0.531. The van der Waals surface area contributed by atoms with Gasteiger partial charge in [0.2, 0.25) is 0 Å². The van der Waals surface area contributed by atoms with E-state index in [1.807, 2.05) is 0 Å². The summed E-state index contributed by atoms with van der Waals surface area (Å²) in [4.78, 5) is 0. The summed E-state index contributed by atoms with van der Waals surface area (Å²) in [6, 6.07) is 0. The van der Waals surface area contributed by atoms with Crippen molar-refractivity contribution in [1.29, 1.82) is 0 Å². The maximum absolute atomic E-state index is 2.46. The van der Waals surface area contributed by atoms with E-state index in [9.17, 15) is 0 Å². The largest absolute Gasteiger partial charge is 0.0654 e. The Balaban J connectivity index is 4.18. The lowest BCUT2D eigenvalue weighted by molar-refractivity contribution is 0.201. The zero-order chi connectivity index (χ0) is 12.0. The van der Waals surface area contributed by atoms with Gasteiger partial charge in [-0.1, -0.05) is 61.3 Å². The standard InChI is InChI=1S/C15H32/c1-8-9-15(12(4)5)14(7)10-13(6)11(2)3/h11-15H,8-10H2,1-7H3. The predicted molar refractivity (Wildman–Crippen MR) is 71.0 cm³/mol. The maximum Gasteiger partial charge on any atom is -0.0365 e. The van der Waals surface area contributed by atoms with Gasteiger partial charge in [-0.3, -0.25) is 0 Å². The molecule has 0 saturated carbocycles. The molecule has 0 fully saturated rings. The van der Waals surface area contributed by atoms with E-state index in [2.05, 4.69) is 48.5 Å². The molecule has 15 heavy (non-hydrogen) atoms. The van der Waals surface area contributed by atoms with Gasteiger partial charge in [0.05, 0.1) is 0 Å². The second kappa shape index (κ2) is 7.30. The summed E-state index contributed by atoms with van der Waals surface area (Å²) in [6.07, 6.45) is 4.15. The molecule has 0 aromatic rings. The molecule has 0 aromatic heterocycles. The van der Waals surface area contributed by atoms with Crippen molar-refractivity contribution in [3.63, 3.8) is 0 Å². The second-order valence-corrected chi connectivity index (χ2v) is 6.13. The molecule has 0 amide bonds. The summed E-state index contributed by atoms with van der Waals surface area (Å²) < 4.78 is 0. The summed E-state index contributed by atoms with van der Waals surface area (Å²) >= 11 is 0. The molecule has 0 bridgehead atoms. The highest BCUT2D eigenvalue weighted by molar-refractivity contribution is 4.72. The van der Waals surface area contributed by atoms with Crippen LogP contribution in [0.3, 0.4) is 0 Å². The van der Waals surface area contributed by atoms with E-state index >= 15 is 0 Å². The number of hydrogen-bond acceptors (Lipinski definition) is 0. The Hall–Kier alpha value is 0.